The summed E-state index contributed by atoms with van der Waals surface area (Å²) in [5.74, 6) is -5.19. The second-order valence-corrected chi connectivity index (χ2v) is 6.80. The van der Waals surface area contributed by atoms with Gasteiger partial charge >= 0.3 is 24.3 Å². The van der Waals surface area contributed by atoms with Crippen molar-refractivity contribution in [2.45, 2.75) is 18.4 Å². The average Bonchev–Trinajstić information content (AvgIpc) is 2.79. The quantitative estimate of drug-likeness (QED) is 0.320. The van der Waals surface area contributed by atoms with Gasteiger partial charge < -0.3 is 31.7 Å². The number of alkyl halides is 6. The van der Waals surface area contributed by atoms with Crippen LogP contribution in [0.4, 0.5) is 32.2 Å². The van der Waals surface area contributed by atoms with Crippen LogP contribution in [0, 0.1) is 11.3 Å². The number of hydrogen-bond acceptors (Lipinski definition) is 8. The van der Waals surface area contributed by atoms with Crippen LogP contribution >= 0.6 is 0 Å². The topological polar surface area (TPSA) is 182 Å². The SMILES string of the molecule is N#Cc1c(C2CNCCN2)cc(-c2ccccc2O)nc1N.O=C(O)C(F)(F)F.O=C(O)C(F)(F)F. The van der Waals surface area contributed by atoms with Crippen LogP contribution in [-0.2, 0) is 9.59 Å². The summed E-state index contributed by atoms with van der Waals surface area (Å²) >= 11 is 0. The first-order valence-electron chi connectivity index (χ1n) is 9.62. The zero-order valence-corrected chi connectivity index (χ0v) is 18.0. The van der Waals surface area contributed by atoms with Crippen molar-refractivity contribution < 1.29 is 51.3 Å². The van der Waals surface area contributed by atoms with E-state index >= 15 is 0 Å². The van der Waals surface area contributed by atoms with Crippen molar-refractivity contribution in [1.82, 2.24) is 15.6 Å². The Kier molecular flexibility index (Phi) is 10.4. The van der Waals surface area contributed by atoms with E-state index in [1.165, 1.54) is 0 Å². The Morgan fingerprint density at radius 1 is 1.06 bits per heavy atom. The number of nitrogens with zero attached hydrogens (tertiary/aromatic N) is 2. The largest absolute Gasteiger partial charge is 0.507 e. The van der Waals surface area contributed by atoms with Crippen molar-refractivity contribution in [3.05, 3.63) is 41.5 Å². The molecule has 0 amide bonds. The number of carboxylic acids is 2. The number of hydrogen-bond donors (Lipinski definition) is 6. The van der Waals surface area contributed by atoms with Gasteiger partial charge in [-0.1, -0.05) is 12.1 Å². The highest BCUT2D eigenvalue weighted by molar-refractivity contribution is 5.73. The molecule has 0 bridgehead atoms. The lowest BCUT2D eigenvalue weighted by molar-refractivity contribution is -0.193. The molecule has 0 spiro atoms. The molecule has 1 aromatic carbocycles. The number of benzene rings is 1. The van der Waals surface area contributed by atoms with E-state index in [2.05, 4.69) is 21.7 Å². The fourth-order valence-electron chi connectivity index (χ4n) is 2.68. The molecule has 7 N–H and O–H groups in total. The summed E-state index contributed by atoms with van der Waals surface area (Å²) in [5.41, 5.74) is 8.33. The Balaban J connectivity index is 0.000000383. The van der Waals surface area contributed by atoms with Crippen LogP contribution in [-0.4, -0.2) is 64.2 Å². The molecule has 1 aliphatic heterocycles. The maximum absolute atomic E-state index is 10.6. The first-order chi connectivity index (χ1) is 16.6. The van der Waals surface area contributed by atoms with Gasteiger partial charge in [0.2, 0.25) is 0 Å². The Bertz CT molecular complexity index is 1090. The Morgan fingerprint density at radius 2 is 1.58 bits per heavy atom. The minimum atomic E-state index is -5.08. The minimum Gasteiger partial charge on any atom is -0.507 e. The zero-order valence-electron chi connectivity index (χ0n) is 18.0. The van der Waals surface area contributed by atoms with Crippen LogP contribution in [0.3, 0.4) is 0 Å². The maximum Gasteiger partial charge on any atom is 0.490 e. The van der Waals surface area contributed by atoms with Gasteiger partial charge in [-0.05, 0) is 23.8 Å². The number of aliphatic carboxylic acids is 2. The van der Waals surface area contributed by atoms with Crippen molar-refractivity contribution in [3.8, 4) is 23.1 Å². The van der Waals surface area contributed by atoms with E-state index in [9.17, 15) is 36.7 Å². The van der Waals surface area contributed by atoms with E-state index in [1.807, 2.05) is 12.1 Å². The van der Waals surface area contributed by atoms with Crippen LogP contribution in [0.1, 0.15) is 17.2 Å². The van der Waals surface area contributed by atoms with Gasteiger partial charge in [0, 0.05) is 31.2 Å². The van der Waals surface area contributed by atoms with Crippen molar-refractivity contribution in [1.29, 1.82) is 5.26 Å². The van der Waals surface area contributed by atoms with E-state index in [0.29, 0.717) is 16.8 Å². The molecule has 0 saturated carbocycles. The predicted octanol–water partition coefficient (Wildman–Crippen LogP) is 2.41. The van der Waals surface area contributed by atoms with Gasteiger partial charge in [0.25, 0.3) is 0 Å². The van der Waals surface area contributed by atoms with Gasteiger partial charge in [-0.15, -0.1) is 0 Å². The second kappa shape index (κ2) is 12.6. The molecule has 2 aromatic rings. The highest BCUT2D eigenvalue weighted by atomic mass is 19.4. The number of halogens is 6. The summed E-state index contributed by atoms with van der Waals surface area (Å²) in [4.78, 5) is 22.1. The number of aromatic nitrogens is 1. The van der Waals surface area contributed by atoms with E-state index in [4.69, 9.17) is 25.5 Å². The lowest BCUT2D eigenvalue weighted by atomic mass is 9.97. The molecule has 1 fully saturated rings. The number of anilines is 1. The van der Waals surface area contributed by atoms with Gasteiger partial charge in [0.1, 0.15) is 17.6 Å². The average molecular weight is 523 g/mol. The summed E-state index contributed by atoms with van der Waals surface area (Å²) < 4.78 is 63.5. The van der Waals surface area contributed by atoms with Crippen LogP contribution in [0.5, 0.6) is 5.75 Å². The maximum atomic E-state index is 10.6. The highest BCUT2D eigenvalue weighted by Crippen LogP contribution is 2.32. The number of nitrogens with two attached hydrogens (primary N) is 1. The molecule has 0 aliphatic carbocycles. The molecular weight excluding hydrogens is 504 g/mol. The second-order valence-electron chi connectivity index (χ2n) is 6.80. The number of phenols is 1. The van der Waals surface area contributed by atoms with E-state index in [-0.39, 0.29) is 17.6 Å². The summed E-state index contributed by atoms with van der Waals surface area (Å²) in [5, 5.41) is 40.3. The third kappa shape index (κ3) is 8.92. The molecule has 0 radical (unpaired) electrons. The summed E-state index contributed by atoms with van der Waals surface area (Å²) in [6.45, 7) is 2.44. The molecule has 1 aromatic heterocycles. The molecular formula is C20H19F6N5O5. The fourth-order valence-corrected chi connectivity index (χ4v) is 2.68. The molecule has 2 heterocycles. The molecule has 1 saturated heterocycles. The van der Waals surface area contributed by atoms with Crippen LogP contribution in [0.2, 0.25) is 0 Å². The number of nitriles is 1. The van der Waals surface area contributed by atoms with E-state index in [0.717, 1.165) is 25.2 Å². The lowest BCUT2D eigenvalue weighted by Gasteiger charge is -2.26. The van der Waals surface area contributed by atoms with Gasteiger partial charge in [-0.2, -0.15) is 31.6 Å². The first-order valence-corrected chi connectivity index (χ1v) is 9.62. The number of para-hydroxylation sites is 1. The third-order valence-corrected chi connectivity index (χ3v) is 4.27. The normalized spacial score (nSPS) is 15.3. The Labute approximate surface area is 199 Å². The van der Waals surface area contributed by atoms with Gasteiger partial charge in [0.15, 0.2) is 0 Å². The molecule has 196 valence electrons. The third-order valence-electron chi connectivity index (χ3n) is 4.27. The number of phenolic OH excluding ortho intramolecular Hbond substituents is 1. The number of piperazine rings is 1. The van der Waals surface area contributed by atoms with E-state index < -0.39 is 24.3 Å². The Morgan fingerprint density at radius 3 is 2.00 bits per heavy atom. The molecule has 16 heteroatoms. The fraction of sp³-hybridized carbons (Fsp3) is 0.300. The zero-order chi connectivity index (χ0) is 27.7. The number of nitrogens with one attached hydrogen (secondary N) is 2. The monoisotopic (exact) mass is 523 g/mol. The van der Waals surface area contributed by atoms with Gasteiger partial charge in [-0.25, -0.2) is 14.6 Å². The standard InChI is InChI=1S/C16H17N5O.2C2HF3O2/c17-8-12-11(14-9-19-5-6-20-14)7-13(21-16(12)18)10-3-1-2-4-15(10)22;2*3-2(4,5)1(6)7/h1-4,7,14,19-20,22H,5-6,9H2,(H2,18,21);2*(H,6,7). The molecule has 1 aliphatic rings. The van der Waals surface area contributed by atoms with Crippen LogP contribution in [0.15, 0.2) is 30.3 Å². The van der Waals surface area contributed by atoms with Crippen molar-refractivity contribution >= 4 is 17.8 Å². The van der Waals surface area contributed by atoms with Gasteiger partial charge in [-0.3, -0.25) is 0 Å². The van der Waals surface area contributed by atoms with Crippen LogP contribution < -0.4 is 16.4 Å². The van der Waals surface area contributed by atoms with Crippen molar-refractivity contribution in [3.63, 3.8) is 0 Å². The number of rotatable bonds is 2. The molecule has 10 nitrogen and oxygen atoms in total. The number of carboxylic acid groups (broad SMARTS) is 2. The van der Waals surface area contributed by atoms with Crippen molar-refractivity contribution in [2.75, 3.05) is 25.4 Å². The number of aromatic hydroxyl groups is 1. The first kappa shape index (κ1) is 29.9. The molecule has 3 rings (SSSR count). The number of pyridine rings is 1. The smallest absolute Gasteiger partial charge is 0.490 e. The molecule has 36 heavy (non-hydrogen) atoms. The summed E-state index contributed by atoms with van der Waals surface area (Å²) in [6, 6.07) is 10.9. The molecule has 1 unspecified atom stereocenters. The summed E-state index contributed by atoms with van der Waals surface area (Å²) in [6.07, 6.45) is -10.2. The Hall–Kier alpha value is -4.10. The predicted molar refractivity (Wildman–Crippen MR) is 111 cm³/mol. The van der Waals surface area contributed by atoms with Crippen LogP contribution in [0.25, 0.3) is 11.3 Å². The highest BCUT2D eigenvalue weighted by Gasteiger charge is 2.38. The number of carbonyl (C=O) groups is 2. The summed E-state index contributed by atoms with van der Waals surface area (Å²) in [7, 11) is 0. The lowest BCUT2D eigenvalue weighted by Crippen LogP contribution is -2.43. The van der Waals surface area contributed by atoms with Crippen molar-refractivity contribution in [2.24, 2.45) is 0 Å². The van der Waals surface area contributed by atoms with E-state index in [1.54, 1.807) is 18.2 Å². The minimum absolute atomic E-state index is 0.00157. The number of nitrogen functional groups attached to an aromatic ring is 1. The van der Waals surface area contributed by atoms with Gasteiger partial charge in [0.05, 0.1) is 11.3 Å². The molecule has 1 atom stereocenters.